The molecule has 456 valence electrons. The van der Waals surface area contributed by atoms with E-state index in [1.807, 2.05) is 0 Å². The monoisotopic (exact) mass is 1350 g/mol. The standard InChI is InChI=1S/36CHO.3Ru/c36*1-2;;;/h36*1H;;;/q36*-1;;;. The van der Waals surface area contributed by atoms with Crippen LogP contribution in [0.2, 0.25) is 0 Å². The Labute approximate surface area is 473 Å². The van der Waals surface area contributed by atoms with Crippen molar-refractivity contribution in [2.45, 2.75) is 0 Å². The number of hydrogen-bond donors (Lipinski definition) is 0. The third-order valence-electron chi connectivity index (χ3n) is 0. The maximum absolute atomic E-state index is 7.75. The van der Waals surface area contributed by atoms with Crippen molar-refractivity contribution in [2.24, 2.45) is 0 Å². The summed E-state index contributed by atoms with van der Waals surface area (Å²) in [6, 6.07) is 0. The van der Waals surface area contributed by atoms with Crippen LogP contribution >= 0.6 is 0 Å². The molecule has 0 bridgehead atoms. The van der Waals surface area contributed by atoms with E-state index in [-0.39, 0.29) is 58.4 Å². The van der Waals surface area contributed by atoms with Gasteiger partial charge in [0.1, 0.15) is 0 Å². The summed E-state index contributed by atoms with van der Waals surface area (Å²) < 4.78 is 0. The fourth-order valence-electron chi connectivity index (χ4n) is 0. The molecule has 0 saturated heterocycles. The van der Waals surface area contributed by atoms with Gasteiger partial charge in [0.05, 0.1) is 0 Å². The maximum Gasteiger partial charge on any atom is 0 e. The quantitative estimate of drug-likeness (QED) is 0.123. The first-order valence-corrected chi connectivity index (χ1v) is 8.49. The summed E-state index contributed by atoms with van der Waals surface area (Å²) in [7, 11) is 0. The number of carbonyl (C=O) groups excluding carboxylic acids is 36. The normalized spacial score (nSPS) is 1.92. The molecular weight excluding hydrogens is 1310 g/mol. The van der Waals surface area contributed by atoms with Gasteiger partial charge in [-0.1, -0.05) is 0 Å². The Balaban J connectivity index is -0.00000000480. The summed E-state index contributed by atoms with van der Waals surface area (Å²) in [5.41, 5.74) is 0. The number of rotatable bonds is 0. The Morgan fingerprint density at radius 3 is 0.0533 bits per heavy atom. The van der Waals surface area contributed by atoms with Crippen LogP contribution in [0.1, 0.15) is 0 Å². The molecule has 0 N–H and O–H groups in total. The largest absolute Gasteiger partial charge is 0.545 e. The van der Waals surface area contributed by atoms with Crippen molar-refractivity contribution in [3.05, 3.63) is 0 Å². The first kappa shape index (κ1) is 394. The first-order chi connectivity index (χ1) is 36.0. The minimum Gasteiger partial charge on any atom is -0.545 e. The van der Waals surface area contributed by atoms with Crippen LogP contribution in [0.5, 0.6) is 0 Å². The predicted molar refractivity (Wildman–Crippen MR) is 243 cm³/mol. The zero-order chi connectivity index (χ0) is 72.0. The van der Waals surface area contributed by atoms with Gasteiger partial charge in [0.25, 0.3) is 0 Å². The smallest absolute Gasteiger partial charge is 0 e. The van der Waals surface area contributed by atoms with Crippen molar-refractivity contribution in [1.29, 1.82) is 0 Å². The molecule has 39 heteroatoms. The average molecular weight is 1350 g/mol. The van der Waals surface area contributed by atoms with Crippen LogP contribution in [-0.2, 0) is 231 Å². The van der Waals surface area contributed by atoms with Crippen LogP contribution < -0.4 is 0 Å². The van der Waals surface area contributed by atoms with Crippen molar-refractivity contribution in [3.8, 4) is 0 Å². The summed E-state index contributed by atoms with van der Waals surface area (Å²) in [6.07, 6.45) is 0. The van der Waals surface area contributed by atoms with E-state index in [9.17, 15) is 0 Å². The fraction of sp³-hybridized carbons (Fsp3) is 0. The Bertz CT molecular complexity index is 276. The zero-order valence-corrected chi connectivity index (χ0v) is 41.8. The van der Waals surface area contributed by atoms with E-state index in [4.69, 9.17) is 173 Å². The molecule has 0 unspecified atom stereocenters. The van der Waals surface area contributed by atoms with Crippen molar-refractivity contribution in [2.75, 3.05) is 0 Å². The Morgan fingerprint density at radius 2 is 0.0533 bits per heavy atom. The summed E-state index contributed by atoms with van der Waals surface area (Å²) in [4.78, 5) is 279. The molecule has 0 heterocycles. The minimum atomic E-state index is 0. The van der Waals surface area contributed by atoms with Crippen LogP contribution in [0.15, 0.2) is 0 Å². The maximum atomic E-state index is 7.75. The van der Waals surface area contributed by atoms with E-state index >= 15 is 0 Å². The first-order valence-electron chi connectivity index (χ1n) is 8.49. The SMILES string of the molecule is [CH-]=O.[CH-]=O.[CH-]=O.[CH-]=O.[CH-]=O.[CH-]=O.[CH-]=O.[CH-]=O.[CH-]=O.[CH-]=O.[CH-]=O.[CH-]=O.[CH-]=O.[CH-]=O.[CH-]=O.[CH-]=O.[CH-]=O.[CH-]=O.[CH-]=O.[CH-]=O.[CH-]=O.[CH-]=O.[CH-]=O.[CH-]=O.[CH-]=O.[CH-]=O.[CH-]=O.[CH-]=O.[CH-]=O.[CH-]=O.[CH-]=O.[CH-]=O.[CH-]=O.[CH-]=O.[CH-]=O.[CH-]=O.[Ru].[Ru].[Ru]. The van der Waals surface area contributed by atoms with Crippen molar-refractivity contribution >= 4 is 244 Å². The third-order valence-corrected chi connectivity index (χ3v) is 0. The summed E-state index contributed by atoms with van der Waals surface area (Å²) >= 11 is 0. The van der Waals surface area contributed by atoms with E-state index in [1.54, 1.807) is 0 Å². The molecule has 0 spiro atoms. The van der Waals surface area contributed by atoms with Gasteiger partial charge in [0, 0.05) is 58.4 Å². The number of hydrogen-bond acceptors (Lipinski definition) is 36. The fourth-order valence-corrected chi connectivity index (χ4v) is 0. The second-order valence-corrected chi connectivity index (χ2v) is 0. The molecule has 0 atom stereocenters. The van der Waals surface area contributed by atoms with Crippen LogP contribution in [0.4, 0.5) is 0 Å². The molecule has 0 amide bonds. The van der Waals surface area contributed by atoms with Gasteiger partial charge in [-0.15, -0.1) is 0 Å². The molecule has 75 heavy (non-hydrogen) atoms. The molecule has 0 fully saturated rings. The van der Waals surface area contributed by atoms with Gasteiger partial charge < -0.3 is 173 Å². The predicted octanol–water partition coefficient (Wildman–Crippen LogP) is -9.88. The van der Waals surface area contributed by atoms with E-state index in [1.165, 1.54) is 0 Å². The molecule has 0 saturated carbocycles. The van der Waals surface area contributed by atoms with E-state index in [0.717, 1.165) is 0 Å². The Kier molecular flexibility index (Phi) is 13300. The van der Waals surface area contributed by atoms with Crippen molar-refractivity contribution in [3.63, 3.8) is 0 Å². The van der Waals surface area contributed by atoms with Crippen molar-refractivity contribution < 1.29 is 231 Å². The molecule has 0 aromatic carbocycles. The topological polar surface area (TPSA) is 615 Å². The van der Waals surface area contributed by atoms with Gasteiger partial charge in [0.15, 0.2) is 0 Å². The molecule has 0 radical (unpaired) electrons. The van der Waals surface area contributed by atoms with Gasteiger partial charge >= 0.3 is 0 Å². The van der Waals surface area contributed by atoms with Crippen LogP contribution in [0.3, 0.4) is 0 Å². The van der Waals surface area contributed by atoms with Gasteiger partial charge in [0.2, 0.25) is 0 Å². The average Bonchev–Trinajstić information content (AvgIpc) is 3.63. The molecule has 0 aromatic rings. The van der Waals surface area contributed by atoms with Crippen LogP contribution in [-0.4, -0.2) is 244 Å². The molecule has 0 aliphatic heterocycles. The molecule has 0 aliphatic carbocycles. The summed E-state index contributed by atoms with van der Waals surface area (Å²) in [5, 5.41) is 0. The van der Waals surface area contributed by atoms with Gasteiger partial charge in [-0.25, -0.2) is 0 Å². The molecule has 0 aliphatic rings. The van der Waals surface area contributed by atoms with Gasteiger partial charge in [-0.05, 0) is 0 Å². The van der Waals surface area contributed by atoms with Crippen LogP contribution in [0.25, 0.3) is 0 Å². The molecule has 0 aromatic heterocycles. The Hall–Kier alpha value is -10.0. The second kappa shape index (κ2) is 2530. The second-order valence-electron chi connectivity index (χ2n) is 0. The van der Waals surface area contributed by atoms with E-state index in [0.29, 0.717) is 0 Å². The van der Waals surface area contributed by atoms with E-state index < -0.39 is 0 Å². The molecule has 0 rings (SSSR count). The summed E-state index contributed by atoms with van der Waals surface area (Å²) in [5.74, 6) is 0. The van der Waals surface area contributed by atoms with Crippen LogP contribution in [0, 0.1) is 0 Å². The van der Waals surface area contributed by atoms with Gasteiger partial charge in [-0.2, -0.15) is 0 Å². The van der Waals surface area contributed by atoms with Crippen molar-refractivity contribution in [1.82, 2.24) is 0 Å². The Morgan fingerprint density at radius 1 is 0.0533 bits per heavy atom. The third kappa shape index (κ3) is 2450. The molecule has 36 nitrogen and oxygen atoms in total. The summed E-state index contributed by atoms with van der Waals surface area (Å²) in [6.45, 7) is 117. The molecular formula is C36H36O36Ru3-36. The zero-order valence-electron chi connectivity index (χ0n) is 36.5. The van der Waals surface area contributed by atoms with Gasteiger partial charge in [-0.3, -0.25) is 244 Å². The minimum absolute atomic E-state index is 0. The van der Waals surface area contributed by atoms with E-state index in [2.05, 4.69) is 244 Å².